The highest BCUT2D eigenvalue weighted by atomic mass is 16.6. The van der Waals surface area contributed by atoms with Crippen molar-refractivity contribution in [2.45, 2.75) is 46.5 Å². The molecule has 0 radical (unpaired) electrons. The van der Waals surface area contributed by atoms with Crippen LogP contribution >= 0.6 is 0 Å². The fourth-order valence-electron chi connectivity index (χ4n) is 4.32. The summed E-state index contributed by atoms with van der Waals surface area (Å²) in [5.41, 5.74) is 2.53. The number of carbonyl (C=O) groups is 1. The fraction of sp³-hybridized carbons (Fsp3) is 0.345. The molecule has 0 spiro atoms. The highest BCUT2D eigenvalue weighted by Gasteiger charge is 2.27. The van der Waals surface area contributed by atoms with Crippen molar-refractivity contribution in [1.29, 1.82) is 0 Å². The van der Waals surface area contributed by atoms with Gasteiger partial charge in [0.2, 0.25) is 0 Å². The highest BCUT2D eigenvalue weighted by molar-refractivity contribution is 6.04. The van der Waals surface area contributed by atoms with Crippen molar-refractivity contribution in [2.75, 3.05) is 18.5 Å². The van der Waals surface area contributed by atoms with Gasteiger partial charge in [0.25, 0.3) is 11.6 Å². The second-order valence-electron chi connectivity index (χ2n) is 10.6. The summed E-state index contributed by atoms with van der Waals surface area (Å²) < 4.78 is 11.5. The first-order chi connectivity index (χ1) is 16.9. The summed E-state index contributed by atoms with van der Waals surface area (Å²) in [7, 11) is 0. The molecular formula is C29H34N2O5. The van der Waals surface area contributed by atoms with Crippen molar-refractivity contribution >= 4 is 17.3 Å². The third-order valence-electron chi connectivity index (χ3n) is 5.68. The second kappa shape index (κ2) is 11.2. The Balaban J connectivity index is 1.44. The summed E-state index contributed by atoms with van der Waals surface area (Å²) in [5, 5.41) is 13.5. The van der Waals surface area contributed by atoms with Gasteiger partial charge >= 0.3 is 0 Å². The summed E-state index contributed by atoms with van der Waals surface area (Å²) in [6.45, 7) is 12.1. The topological polar surface area (TPSA) is 90.7 Å². The van der Waals surface area contributed by atoms with E-state index in [1.807, 2.05) is 12.1 Å². The highest BCUT2D eigenvalue weighted by Crippen LogP contribution is 2.36. The summed E-state index contributed by atoms with van der Waals surface area (Å²) in [6, 6.07) is 20.7. The van der Waals surface area contributed by atoms with Gasteiger partial charge in [-0.2, -0.15) is 0 Å². The van der Waals surface area contributed by atoms with Gasteiger partial charge in [-0.3, -0.25) is 14.9 Å². The van der Waals surface area contributed by atoms with Gasteiger partial charge in [-0.1, -0.05) is 46.8 Å². The Morgan fingerprint density at radius 2 is 1.31 bits per heavy atom. The van der Waals surface area contributed by atoms with Crippen LogP contribution in [0.2, 0.25) is 0 Å². The van der Waals surface area contributed by atoms with Gasteiger partial charge in [0.05, 0.1) is 4.92 Å². The molecule has 3 rings (SSSR count). The Morgan fingerprint density at radius 1 is 0.806 bits per heavy atom. The molecule has 0 aromatic heterocycles. The van der Waals surface area contributed by atoms with E-state index in [0.29, 0.717) is 30.2 Å². The molecule has 1 N–H and O–H groups in total. The molecule has 3 aromatic carbocycles. The molecule has 0 saturated heterocycles. The van der Waals surface area contributed by atoms with Crippen LogP contribution in [0, 0.1) is 15.5 Å². The van der Waals surface area contributed by atoms with Crippen molar-refractivity contribution in [3.63, 3.8) is 0 Å². The van der Waals surface area contributed by atoms with Crippen molar-refractivity contribution in [1.82, 2.24) is 0 Å². The maximum absolute atomic E-state index is 12.4. The largest absolute Gasteiger partial charge is 0.490 e. The quantitative estimate of drug-likeness (QED) is 0.187. The van der Waals surface area contributed by atoms with Crippen LogP contribution in [0.15, 0.2) is 72.8 Å². The zero-order valence-corrected chi connectivity index (χ0v) is 21.5. The molecule has 0 heterocycles. The number of ether oxygens (including phenoxy) is 2. The van der Waals surface area contributed by atoms with E-state index in [1.165, 1.54) is 29.8 Å². The van der Waals surface area contributed by atoms with Crippen molar-refractivity contribution < 1.29 is 19.2 Å². The number of nitrogens with zero attached hydrogens (tertiary/aromatic N) is 1. The molecule has 0 atom stereocenters. The Labute approximate surface area is 212 Å². The zero-order chi connectivity index (χ0) is 26.3. The van der Waals surface area contributed by atoms with E-state index in [-0.39, 0.29) is 22.4 Å². The number of nitrogens with one attached hydrogen (secondary N) is 1. The van der Waals surface area contributed by atoms with Crippen LogP contribution in [-0.4, -0.2) is 24.0 Å². The number of benzene rings is 3. The van der Waals surface area contributed by atoms with Crippen LogP contribution in [0.4, 0.5) is 11.4 Å². The third kappa shape index (κ3) is 7.83. The third-order valence-corrected chi connectivity index (χ3v) is 5.68. The predicted octanol–water partition coefficient (Wildman–Crippen LogP) is 7.02. The molecule has 1 amide bonds. The Bertz CT molecular complexity index is 1160. The molecular weight excluding hydrogens is 456 g/mol. The maximum Gasteiger partial charge on any atom is 0.269 e. The summed E-state index contributed by atoms with van der Waals surface area (Å²) >= 11 is 0. The first-order valence-electron chi connectivity index (χ1n) is 11.9. The number of anilines is 1. The van der Waals surface area contributed by atoms with Crippen molar-refractivity contribution in [2.24, 2.45) is 5.41 Å². The predicted molar refractivity (Wildman–Crippen MR) is 142 cm³/mol. The average Bonchev–Trinajstić information content (AvgIpc) is 2.81. The van der Waals surface area contributed by atoms with Gasteiger partial charge in [-0.15, -0.1) is 0 Å². The normalized spacial score (nSPS) is 11.6. The molecule has 0 saturated carbocycles. The lowest BCUT2D eigenvalue weighted by atomic mass is 9.72. The van der Waals surface area contributed by atoms with Crippen LogP contribution in [0.5, 0.6) is 11.5 Å². The van der Waals surface area contributed by atoms with Gasteiger partial charge in [0, 0.05) is 23.4 Å². The first-order valence-corrected chi connectivity index (χ1v) is 11.9. The Kier molecular flexibility index (Phi) is 8.35. The fourth-order valence-corrected chi connectivity index (χ4v) is 4.32. The van der Waals surface area contributed by atoms with E-state index in [1.54, 1.807) is 24.3 Å². The lowest BCUT2D eigenvalue weighted by Gasteiger charge is -2.33. The SMILES string of the molecule is CC(C)(C)CC(C)(C)c1ccc(OCCOc2ccc(C(=O)Nc3ccc([N+](=O)[O-])cc3)cc2)cc1. The van der Waals surface area contributed by atoms with Gasteiger partial charge in [-0.05, 0) is 71.3 Å². The van der Waals surface area contributed by atoms with Crippen LogP contribution in [-0.2, 0) is 5.41 Å². The molecule has 7 nitrogen and oxygen atoms in total. The lowest BCUT2D eigenvalue weighted by molar-refractivity contribution is -0.384. The molecule has 0 unspecified atom stereocenters. The van der Waals surface area contributed by atoms with Crippen LogP contribution in [0.1, 0.15) is 57.0 Å². The molecule has 190 valence electrons. The number of nitro groups is 1. The lowest BCUT2D eigenvalue weighted by Crippen LogP contribution is -2.24. The zero-order valence-electron chi connectivity index (χ0n) is 21.5. The number of hydrogen-bond donors (Lipinski definition) is 1. The van der Waals surface area contributed by atoms with Crippen LogP contribution in [0.3, 0.4) is 0 Å². The summed E-state index contributed by atoms with van der Waals surface area (Å²) in [4.78, 5) is 22.7. The maximum atomic E-state index is 12.4. The minimum atomic E-state index is -0.485. The minimum absolute atomic E-state index is 0.0319. The van der Waals surface area contributed by atoms with E-state index >= 15 is 0 Å². The average molecular weight is 491 g/mol. The molecule has 3 aromatic rings. The molecule has 0 aliphatic rings. The van der Waals surface area contributed by atoms with E-state index in [0.717, 1.165) is 12.2 Å². The van der Waals surface area contributed by atoms with Crippen molar-refractivity contribution in [3.8, 4) is 11.5 Å². The van der Waals surface area contributed by atoms with Gasteiger partial charge in [-0.25, -0.2) is 0 Å². The molecule has 0 aliphatic heterocycles. The Hall–Kier alpha value is -3.87. The summed E-state index contributed by atoms with van der Waals surface area (Å²) in [6.07, 6.45) is 1.09. The standard InChI is InChI=1S/C29H34N2O5/c1-28(2,3)20-29(4,5)22-8-16-26(17-9-22)36-19-18-35-25-14-6-21(7-15-25)27(32)30-23-10-12-24(13-11-23)31(33)34/h6-17H,18-20H2,1-5H3,(H,30,32). The molecule has 0 fully saturated rings. The Morgan fingerprint density at radius 3 is 1.78 bits per heavy atom. The molecule has 0 aliphatic carbocycles. The number of nitro benzene ring substituents is 1. The van der Waals surface area contributed by atoms with Gasteiger partial charge in [0.15, 0.2) is 0 Å². The van der Waals surface area contributed by atoms with Crippen LogP contribution < -0.4 is 14.8 Å². The van der Waals surface area contributed by atoms with Crippen molar-refractivity contribution in [3.05, 3.63) is 94.0 Å². The number of carbonyl (C=O) groups excluding carboxylic acids is 1. The smallest absolute Gasteiger partial charge is 0.269 e. The molecule has 36 heavy (non-hydrogen) atoms. The monoisotopic (exact) mass is 490 g/mol. The molecule has 0 bridgehead atoms. The van der Waals surface area contributed by atoms with E-state index in [4.69, 9.17) is 9.47 Å². The van der Waals surface area contributed by atoms with Gasteiger partial charge in [0.1, 0.15) is 24.7 Å². The van der Waals surface area contributed by atoms with E-state index in [2.05, 4.69) is 52.1 Å². The molecule has 7 heteroatoms. The van der Waals surface area contributed by atoms with Crippen LogP contribution in [0.25, 0.3) is 0 Å². The minimum Gasteiger partial charge on any atom is -0.490 e. The van der Waals surface area contributed by atoms with E-state index in [9.17, 15) is 14.9 Å². The number of amides is 1. The van der Waals surface area contributed by atoms with E-state index < -0.39 is 4.92 Å². The number of non-ortho nitro benzene ring substituents is 1. The summed E-state index contributed by atoms with van der Waals surface area (Å²) in [5.74, 6) is 1.12. The number of rotatable bonds is 10. The first kappa shape index (κ1) is 26.7. The number of hydrogen-bond acceptors (Lipinski definition) is 5. The second-order valence-corrected chi connectivity index (χ2v) is 10.6. The van der Waals surface area contributed by atoms with Gasteiger partial charge < -0.3 is 14.8 Å².